The summed E-state index contributed by atoms with van der Waals surface area (Å²) in [7, 11) is 1.43. The average molecular weight is 379 g/mol. The van der Waals surface area contributed by atoms with Crippen molar-refractivity contribution in [1.82, 2.24) is 10.2 Å². The van der Waals surface area contributed by atoms with E-state index in [1.165, 1.54) is 12.7 Å². The third-order valence-electron chi connectivity index (χ3n) is 4.78. The molecule has 1 aliphatic heterocycles. The summed E-state index contributed by atoms with van der Waals surface area (Å²) in [5.41, 5.74) is 1.29. The number of methoxy groups -OCH3 is 1. The van der Waals surface area contributed by atoms with Crippen molar-refractivity contribution in [1.29, 1.82) is 0 Å². The summed E-state index contributed by atoms with van der Waals surface area (Å²) < 4.78 is 10.5. The van der Waals surface area contributed by atoms with Crippen molar-refractivity contribution in [2.45, 2.75) is 51.8 Å². The molecular formula is C21H34N2O4. The van der Waals surface area contributed by atoms with Gasteiger partial charge in [0.15, 0.2) is 0 Å². The highest BCUT2D eigenvalue weighted by molar-refractivity contribution is 5.72. The number of β-amino-alcohol motifs (C(OH)–C–C–N with tert-alkyl or cyclic N) is 1. The number of carbonyl (C=O) groups is 1. The van der Waals surface area contributed by atoms with Crippen molar-refractivity contribution >= 4 is 5.97 Å². The van der Waals surface area contributed by atoms with Crippen LogP contribution in [0.2, 0.25) is 0 Å². The normalized spacial score (nSPS) is 17.5. The number of ether oxygens (including phenoxy) is 2. The van der Waals surface area contributed by atoms with Crippen LogP contribution in [0.15, 0.2) is 24.3 Å². The van der Waals surface area contributed by atoms with Gasteiger partial charge in [-0.1, -0.05) is 12.1 Å². The average Bonchev–Trinajstić information content (AvgIpc) is 2.65. The Morgan fingerprint density at radius 2 is 1.89 bits per heavy atom. The van der Waals surface area contributed by atoms with Crippen LogP contribution in [0.25, 0.3) is 0 Å². The summed E-state index contributed by atoms with van der Waals surface area (Å²) in [4.78, 5) is 13.7. The molecule has 0 aromatic heterocycles. The first kappa shape index (κ1) is 21.7. The third-order valence-corrected chi connectivity index (χ3v) is 4.78. The molecule has 0 spiro atoms. The fourth-order valence-corrected chi connectivity index (χ4v) is 3.13. The van der Waals surface area contributed by atoms with E-state index in [-0.39, 0.29) is 24.0 Å². The molecule has 1 aliphatic rings. The van der Waals surface area contributed by atoms with Gasteiger partial charge in [-0.15, -0.1) is 0 Å². The van der Waals surface area contributed by atoms with Crippen molar-refractivity contribution in [2.75, 3.05) is 33.4 Å². The second-order valence-electron chi connectivity index (χ2n) is 8.31. The largest absolute Gasteiger partial charge is 0.491 e. The zero-order valence-corrected chi connectivity index (χ0v) is 17.0. The topological polar surface area (TPSA) is 71.0 Å². The number of likely N-dealkylation sites (tertiary alicyclic amines) is 1. The predicted molar refractivity (Wildman–Crippen MR) is 106 cm³/mol. The first-order valence-electron chi connectivity index (χ1n) is 9.72. The first-order valence-corrected chi connectivity index (χ1v) is 9.72. The number of hydrogen-bond acceptors (Lipinski definition) is 6. The Balaban J connectivity index is 1.68. The van der Waals surface area contributed by atoms with Gasteiger partial charge in [0.05, 0.1) is 13.0 Å². The van der Waals surface area contributed by atoms with Crippen LogP contribution in [0.1, 0.15) is 39.2 Å². The fraction of sp³-hybridized carbons (Fsp3) is 0.667. The summed E-state index contributed by atoms with van der Waals surface area (Å²) in [5, 5.41) is 13.7. The van der Waals surface area contributed by atoms with E-state index >= 15 is 0 Å². The van der Waals surface area contributed by atoms with Crippen molar-refractivity contribution in [2.24, 2.45) is 5.92 Å². The van der Waals surface area contributed by atoms with Crippen LogP contribution in [-0.2, 0) is 16.1 Å². The molecule has 1 fully saturated rings. The number of esters is 1. The zero-order chi connectivity index (χ0) is 19.9. The smallest absolute Gasteiger partial charge is 0.308 e. The van der Waals surface area contributed by atoms with Gasteiger partial charge in [-0.25, -0.2) is 0 Å². The van der Waals surface area contributed by atoms with Gasteiger partial charge in [0, 0.05) is 18.6 Å². The molecule has 27 heavy (non-hydrogen) atoms. The summed E-state index contributed by atoms with van der Waals surface area (Å²) in [6.45, 7) is 9.65. The van der Waals surface area contributed by atoms with Crippen LogP contribution in [0, 0.1) is 5.92 Å². The minimum Gasteiger partial charge on any atom is -0.491 e. The number of benzene rings is 1. The number of hydrogen-bond donors (Lipinski definition) is 2. The van der Waals surface area contributed by atoms with E-state index in [1.54, 1.807) is 0 Å². The highest BCUT2D eigenvalue weighted by Crippen LogP contribution is 2.19. The second kappa shape index (κ2) is 10.1. The molecule has 0 radical (unpaired) electrons. The lowest BCUT2D eigenvalue weighted by Gasteiger charge is -2.31. The molecular weight excluding hydrogens is 344 g/mol. The van der Waals surface area contributed by atoms with E-state index in [0.717, 1.165) is 38.2 Å². The molecule has 1 aromatic carbocycles. The Morgan fingerprint density at radius 1 is 1.26 bits per heavy atom. The van der Waals surface area contributed by atoms with Crippen molar-refractivity contribution in [3.63, 3.8) is 0 Å². The molecule has 0 amide bonds. The lowest BCUT2D eigenvalue weighted by molar-refractivity contribution is -0.147. The van der Waals surface area contributed by atoms with Gasteiger partial charge in [0.25, 0.3) is 0 Å². The fourth-order valence-electron chi connectivity index (χ4n) is 3.13. The zero-order valence-electron chi connectivity index (χ0n) is 17.0. The number of nitrogens with one attached hydrogen (secondary N) is 1. The minimum atomic E-state index is -0.554. The number of rotatable bonds is 8. The molecule has 2 N–H and O–H groups in total. The summed E-state index contributed by atoms with van der Waals surface area (Å²) >= 11 is 0. The van der Waals surface area contributed by atoms with Gasteiger partial charge in [0.2, 0.25) is 0 Å². The second-order valence-corrected chi connectivity index (χ2v) is 8.31. The van der Waals surface area contributed by atoms with E-state index in [4.69, 9.17) is 9.47 Å². The lowest BCUT2D eigenvalue weighted by atomic mass is 9.97. The molecule has 1 saturated heterocycles. The molecule has 1 atom stereocenters. The SMILES string of the molecule is COC(=O)C1CCN(C[C@H](O)COc2ccc(CNC(C)(C)C)cc2)CC1. The van der Waals surface area contributed by atoms with Crippen LogP contribution in [0.4, 0.5) is 0 Å². The number of carbonyl (C=O) groups excluding carboxylic acids is 1. The molecule has 152 valence electrons. The lowest BCUT2D eigenvalue weighted by Crippen LogP contribution is -2.42. The maximum absolute atomic E-state index is 11.6. The first-order chi connectivity index (χ1) is 12.8. The van der Waals surface area contributed by atoms with Gasteiger partial charge in [-0.3, -0.25) is 4.79 Å². The predicted octanol–water partition coefficient (Wildman–Crippen LogP) is 2.20. The van der Waals surface area contributed by atoms with Crippen molar-refractivity contribution < 1.29 is 19.4 Å². The monoisotopic (exact) mass is 378 g/mol. The summed E-state index contributed by atoms with van der Waals surface area (Å²) in [6, 6.07) is 7.96. The van der Waals surface area contributed by atoms with Crippen molar-refractivity contribution in [3.8, 4) is 5.75 Å². The molecule has 0 bridgehead atoms. The summed E-state index contributed by atoms with van der Waals surface area (Å²) in [5.74, 6) is 0.628. The van der Waals surface area contributed by atoms with Crippen LogP contribution in [0.3, 0.4) is 0 Å². The molecule has 0 aliphatic carbocycles. The molecule has 0 saturated carbocycles. The number of aliphatic hydroxyl groups is 1. The Bertz CT molecular complexity index is 575. The van der Waals surface area contributed by atoms with E-state index in [1.807, 2.05) is 24.3 Å². The maximum atomic E-state index is 11.6. The van der Waals surface area contributed by atoms with Gasteiger partial charge >= 0.3 is 5.97 Å². The Labute approximate surface area is 162 Å². The molecule has 6 nitrogen and oxygen atoms in total. The number of nitrogens with zero attached hydrogens (tertiary/aromatic N) is 1. The Hall–Kier alpha value is -1.63. The van der Waals surface area contributed by atoms with Gasteiger partial charge < -0.3 is 24.8 Å². The molecule has 2 rings (SSSR count). The molecule has 0 unspecified atom stereocenters. The standard InChI is InChI=1S/C21H34N2O4/c1-21(2,3)22-13-16-5-7-19(8-6-16)27-15-18(24)14-23-11-9-17(10-12-23)20(25)26-4/h5-8,17-18,22,24H,9-15H2,1-4H3/t18-/m0/s1. The van der Waals surface area contributed by atoms with Crippen LogP contribution < -0.4 is 10.1 Å². The van der Waals surface area contributed by atoms with E-state index in [9.17, 15) is 9.90 Å². The van der Waals surface area contributed by atoms with E-state index < -0.39 is 6.10 Å². The molecule has 1 heterocycles. The quantitative estimate of drug-likeness (QED) is 0.676. The number of aliphatic hydroxyl groups excluding tert-OH is 1. The molecule has 6 heteroatoms. The highest BCUT2D eigenvalue weighted by Gasteiger charge is 2.26. The number of piperidine rings is 1. The van der Waals surface area contributed by atoms with E-state index in [2.05, 4.69) is 31.0 Å². The Kier molecular flexibility index (Phi) is 8.07. The van der Waals surface area contributed by atoms with Crippen LogP contribution >= 0.6 is 0 Å². The summed E-state index contributed by atoms with van der Waals surface area (Å²) in [6.07, 6.45) is 1.01. The maximum Gasteiger partial charge on any atom is 0.308 e. The van der Waals surface area contributed by atoms with E-state index in [0.29, 0.717) is 6.54 Å². The van der Waals surface area contributed by atoms with Gasteiger partial charge in [-0.05, 0) is 64.4 Å². The van der Waals surface area contributed by atoms with Gasteiger partial charge in [-0.2, -0.15) is 0 Å². The van der Waals surface area contributed by atoms with Crippen LogP contribution in [-0.4, -0.2) is 61.0 Å². The highest BCUT2D eigenvalue weighted by atomic mass is 16.5. The van der Waals surface area contributed by atoms with Gasteiger partial charge in [0.1, 0.15) is 18.5 Å². The third kappa shape index (κ3) is 7.87. The van der Waals surface area contributed by atoms with Crippen LogP contribution in [0.5, 0.6) is 5.75 Å². The van der Waals surface area contributed by atoms with Crippen molar-refractivity contribution in [3.05, 3.63) is 29.8 Å². The Morgan fingerprint density at radius 3 is 2.44 bits per heavy atom. The minimum absolute atomic E-state index is 0.00840. The molecule has 1 aromatic rings.